The predicted octanol–water partition coefficient (Wildman–Crippen LogP) is 6.25. The molecule has 27 heavy (non-hydrogen) atoms. The molecule has 144 valence electrons. The highest BCUT2D eigenvalue weighted by molar-refractivity contribution is 7.80. The lowest BCUT2D eigenvalue weighted by Crippen LogP contribution is -2.45. The van der Waals surface area contributed by atoms with Crippen LogP contribution in [0.15, 0.2) is 42.5 Å². The van der Waals surface area contributed by atoms with E-state index in [-0.39, 0.29) is 10.1 Å². The molecule has 2 nitrogen and oxygen atoms in total. The Labute approximate surface area is 164 Å². The molecule has 0 aromatic heterocycles. The van der Waals surface area contributed by atoms with Gasteiger partial charge in [-0.3, -0.25) is 0 Å². The number of thiocarbonyl (C=S) groups is 1. The van der Waals surface area contributed by atoms with E-state index in [0.29, 0.717) is 24.1 Å². The van der Waals surface area contributed by atoms with Gasteiger partial charge in [-0.1, -0.05) is 36.6 Å². The third-order valence-corrected chi connectivity index (χ3v) is 5.22. The first kappa shape index (κ1) is 19.9. The number of rotatable bonds is 3. The zero-order valence-electron chi connectivity index (χ0n) is 14.2. The van der Waals surface area contributed by atoms with E-state index in [1.165, 1.54) is 30.3 Å². The second-order valence-corrected chi connectivity index (χ2v) is 7.39. The zero-order valence-corrected chi connectivity index (χ0v) is 15.7. The van der Waals surface area contributed by atoms with E-state index in [0.717, 1.165) is 18.9 Å². The topological polar surface area (TPSA) is 24.1 Å². The summed E-state index contributed by atoms with van der Waals surface area (Å²) in [6.45, 7) is 0. The highest BCUT2D eigenvalue weighted by Gasteiger charge is 2.38. The molecule has 1 saturated carbocycles. The Hall–Kier alpha value is -1.86. The van der Waals surface area contributed by atoms with Crippen molar-refractivity contribution in [3.05, 3.63) is 64.4 Å². The van der Waals surface area contributed by atoms with Crippen LogP contribution in [0.2, 0.25) is 5.02 Å². The molecule has 0 bridgehead atoms. The maximum Gasteiger partial charge on any atom is 0.416 e. The molecule has 1 aliphatic rings. The molecule has 0 saturated heterocycles. The molecule has 0 atom stereocenters. The first-order valence-corrected chi connectivity index (χ1v) is 9.20. The summed E-state index contributed by atoms with van der Waals surface area (Å²) in [6, 6.07) is 9.43. The lowest BCUT2D eigenvalue weighted by molar-refractivity contribution is -0.137. The summed E-state index contributed by atoms with van der Waals surface area (Å²) in [6.07, 6.45) is -1.30. The highest BCUT2D eigenvalue weighted by atomic mass is 35.5. The number of anilines is 1. The predicted molar refractivity (Wildman–Crippen MR) is 102 cm³/mol. The minimum atomic E-state index is -4.40. The van der Waals surface area contributed by atoms with Gasteiger partial charge in [0.1, 0.15) is 5.82 Å². The van der Waals surface area contributed by atoms with Gasteiger partial charge in [0.25, 0.3) is 0 Å². The van der Waals surface area contributed by atoms with Gasteiger partial charge in [0, 0.05) is 5.69 Å². The third kappa shape index (κ3) is 4.52. The molecule has 8 heteroatoms. The summed E-state index contributed by atoms with van der Waals surface area (Å²) in [5.41, 5.74) is -0.306. The fourth-order valence-corrected chi connectivity index (χ4v) is 3.90. The molecule has 0 amide bonds. The van der Waals surface area contributed by atoms with Crippen molar-refractivity contribution < 1.29 is 17.6 Å². The Kier molecular flexibility index (Phi) is 5.63. The zero-order chi connectivity index (χ0) is 19.7. The number of hydrogen-bond acceptors (Lipinski definition) is 1. The Morgan fingerprint density at radius 1 is 1.07 bits per heavy atom. The van der Waals surface area contributed by atoms with Crippen LogP contribution in [0.25, 0.3) is 0 Å². The number of halogens is 5. The summed E-state index contributed by atoms with van der Waals surface area (Å²) in [5.74, 6) is -0.544. The molecule has 0 spiro atoms. The molecule has 2 aromatic rings. The minimum absolute atomic E-state index is 0.0451. The van der Waals surface area contributed by atoms with Crippen LogP contribution in [-0.2, 0) is 11.7 Å². The second kappa shape index (κ2) is 7.64. The van der Waals surface area contributed by atoms with Gasteiger partial charge in [-0.25, -0.2) is 4.39 Å². The van der Waals surface area contributed by atoms with E-state index < -0.39 is 23.1 Å². The van der Waals surface area contributed by atoms with Gasteiger partial charge in [0.2, 0.25) is 0 Å². The molecule has 2 N–H and O–H groups in total. The van der Waals surface area contributed by atoms with Gasteiger partial charge in [-0.15, -0.1) is 0 Å². The monoisotopic (exact) mass is 416 g/mol. The summed E-state index contributed by atoms with van der Waals surface area (Å²) >= 11 is 11.1. The van der Waals surface area contributed by atoms with Gasteiger partial charge >= 0.3 is 6.18 Å². The fourth-order valence-electron chi connectivity index (χ4n) is 3.41. The van der Waals surface area contributed by atoms with E-state index in [2.05, 4.69) is 10.6 Å². The van der Waals surface area contributed by atoms with Crippen LogP contribution in [0.4, 0.5) is 23.2 Å². The Morgan fingerprint density at radius 2 is 1.78 bits per heavy atom. The van der Waals surface area contributed by atoms with E-state index in [1.807, 2.05) is 0 Å². The fraction of sp³-hybridized carbons (Fsp3) is 0.316. The number of nitrogens with one attached hydrogen (secondary N) is 2. The second-order valence-electron chi connectivity index (χ2n) is 6.58. The Bertz CT molecular complexity index is 848. The molecule has 0 unspecified atom stereocenters. The van der Waals surface area contributed by atoms with Crippen molar-refractivity contribution in [2.75, 3.05) is 5.32 Å². The van der Waals surface area contributed by atoms with Gasteiger partial charge < -0.3 is 10.6 Å². The van der Waals surface area contributed by atoms with Crippen molar-refractivity contribution >= 4 is 34.6 Å². The average Bonchev–Trinajstić information content (AvgIpc) is 3.07. The van der Waals surface area contributed by atoms with Gasteiger partial charge in [-0.05, 0) is 61.0 Å². The van der Waals surface area contributed by atoms with Crippen molar-refractivity contribution in [3.63, 3.8) is 0 Å². The summed E-state index contributed by atoms with van der Waals surface area (Å²) < 4.78 is 52.6. The van der Waals surface area contributed by atoms with Crippen molar-refractivity contribution in [2.45, 2.75) is 37.4 Å². The van der Waals surface area contributed by atoms with Crippen LogP contribution in [0, 0.1) is 5.82 Å². The lowest BCUT2D eigenvalue weighted by Gasteiger charge is -2.33. The lowest BCUT2D eigenvalue weighted by atomic mass is 9.87. The van der Waals surface area contributed by atoms with Crippen LogP contribution in [0.1, 0.15) is 36.8 Å². The number of alkyl halides is 3. The van der Waals surface area contributed by atoms with Gasteiger partial charge in [0.15, 0.2) is 5.11 Å². The van der Waals surface area contributed by atoms with Crippen LogP contribution in [0.5, 0.6) is 0 Å². The SMILES string of the molecule is Fc1ccc(NC(=S)NC2(c3cccc(C(F)(F)F)c3)CCCC2)cc1Cl. The standard InChI is InChI=1S/C19H17ClF4N2S/c20-15-11-14(6-7-16(15)21)25-17(27)26-18(8-1-2-9-18)12-4-3-5-13(10-12)19(22,23)24/h3-7,10-11H,1-2,8-9H2,(H2,25,26,27). The normalized spacial score (nSPS) is 16.2. The molecular weight excluding hydrogens is 400 g/mol. The Morgan fingerprint density at radius 3 is 2.41 bits per heavy atom. The van der Waals surface area contributed by atoms with E-state index in [4.69, 9.17) is 23.8 Å². The van der Waals surface area contributed by atoms with Gasteiger partial charge in [0.05, 0.1) is 16.1 Å². The maximum atomic E-state index is 13.3. The molecule has 2 aromatic carbocycles. The summed E-state index contributed by atoms with van der Waals surface area (Å²) in [4.78, 5) is 0. The van der Waals surface area contributed by atoms with Crippen molar-refractivity contribution in [3.8, 4) is 0 Å². The summed E-state index contributed by atoms with van der Waals surface area (Å²) in [7, 11) is 0. The van der Waals surface area contributed by atoms with E-state index >= 15 is 0 Å². The van der Waals surface area contributed by atoms with Crippen LogP contribution < -0.4 is 10.6 Å². The maximum absolute atomic E-state index is 13.3. The van der Waals surface area contributed by atoms with Crippen molar-refractivity contribution in [2.24, 2.45) is 0 Å². The molecule has 1 fully saturated rings. The molecule has 3 rings (SSSR count). The van der Waals surface area contributed by atoms with E-state index in [9.17, 15) is 17.6 Å². The largest absolute Gasteiger partial charge is 0.416 e. The summed E-state index contributed by atoms with van der Waals surface area (Å²) in [5, 5.41) is 6.31. The van der Waals surface area contributed by atoms with E-state index in [1.54, 1.807) is 6.07 Å². The van der Waals surface area contributed by atoms with Crippen LogP contribution >= 0.6 is 23.8 Å². The molecule has 0 aliphatic heterocycles. The van der Waals surface area contributed by atoms with Crippen LogP contribution in [-0.4, -0.2) is 5.11 Å². The smallest absolute Gasteiger partial charge is 0.353 e. The number of hydrogen-bond donors (Lipinski definition) is 2. The molecular formula is C19H17ClF4N2S. The quantitative estimate of drug-likeness (QED) is 0.456. The first-order valence-electron chi connectivity index (χ1n) is 8.42. The Balaban J connectivity index is 1.83. The van der Waals surface area contributed by atoms with Gasteiger partial charge in [-0.2, -0.15) is 13.2 Å². The van der Waals surface area contributed by atoms with Crippen molar-refractivity contribution in [1.82, 2.24) is 5.32 Å². The van der Waals surface area contributed by atoms with Crippen molar-refractivity contribution in [1.29, 1.82) is 0 Å². The molecule has 1 aliphatic carbocycles. The minimum Gasteiger partial charge on any atom is -0.353 e. The highest BCUT2D eigenvalue weighted by Crippen LogP contribution is 2.41. The number of benzene rings is 2. The molecule has 0 radical (unpaired) electrons. The molecule has 0 heterocycles. The first-order chi connectivity index (χ1) is 12.7. The van der Waals surface area contributed by atoms with Crippen LogP contribution in [0.3, 0.4) is 0 Å². The third-order valence-electron chi connectivity index (χ3n) is 4.73. The average molecular weight is 417 g/mol.